The van der Waals surface area contributed by atoms with E-state index in [1.807, 2.05) is 0 Å². The van der Waals surface area contributed by atoms with Crippen molar-refractivity contribution in [2.45, 2.75) is 18.7 Å². The molecule has 0 unspecified atom stereocenters. The molecule has 2 aromatic carbocycles. The predicted molar refractivity (Wildman–Crippen MR) is 82.5 cm³/mol. The van der Waals surface area contributed by atoms with Crippen LogP contribution in [0.3, 0.4) is 0 Å². The lowest BCUT2D eigenvalue weighted by molar-refractivity contribution is -0.255. The molecule has 2 aromatic rings. The zero-order valence-corrected chi connectivity index (χ0v) is 13.8. The molecular formula is C15H12ClFNO4S-. The smallest absolute Gasteiger partial charge is 0.262 e. The highest BCUT2D eigenvalue weighted by Crippen LogP contribution is 2.27. The Morgan fingerprint density at radius 2 is 1.91 bits per heavy atom. The van der Waals surface area contributed by atoms with Crippen molar-refractivity contribution in [1.29, 1.82) is 0 Å². The molecule has 8 heteroatoms. The Labute approximate surface area is 137 Å². The molecule has 0 spiro atoms. The molecule has 0 aliphatic carbocycles. The first-order valence-electron chi connectivity index (χ1n) is 6.43. The third kappa shape index (κ3) is 3.46. The van der Waals surface area contributed by atoms with E-state index in [1.165, 1.54) is 31.2 Å². The first kappa shape index (κ1) is 17.2. The minimum absolute atomic E-state index is 0.235. The average molecular weight is 357 g/mol. The van der Waals surface area contributed by atoms with Crippen LogP contribution in [0.15, 0.2) is 35.2 Å². The number of carboxylic acid groups (broad SMARTS) is 1. The van der Waals surface area contributed by atoms with Gasteiger partial charge in [-0.15, -0.1) is 0 Å². The van der Waals surface area contributed by atoms with Crippen LogP contribution in [-0.2, 0) is 10.0 Å². The summed E-state index contributed by atoms with van der Waals surface area (Å²) < 4.78 is 40.9. The molecule has 0 radical (unpaired) electrons. The predicted octanol–water partition coefficient (Wildman–Crippen LogP) is 2.26. The fraction of sp³-hybridized carbons (Fsp3) is 0.133. The number of anilines is 1. The van der Waals surface area contributed by atoms with Gasteiger partial charge in [0.2, 0.25) is 0 Å². The van der Waals surface area contributed by atoms with E-state index in [0.717, 1.165) is 6.07 Å². The highest BCUT2D eigenvalue weighted by Gasteiger charge is 2.21. The van der Waals surface area contributed by atoms with Crippen molar-refractivity contribution < 1.29 is 22.7 Å². The lowest BCUT2D eigenvalue weighted by atomic mass is 10.1. The number of benzene rings is 2. The van der Waals surface area contributed by atoms with E-state index in [-0.39, 0.29) is 21.2 Å². The number of aryl methyl sites for hydroxylation is 1. The zero-order chi connectivity index (χ0) is 17.4. The molecule has 0 aliphatic heterocycles. The number of carbonyl (C=O) groups excluding carboxylic acids is 1. The molecule has 5 nitrogen and oxygen atoms in total. The van der Waals surface area contributed by atoms with Gasteiger partial charge in [0.05, 0.1) is 21.6 Å². The Bertz CT molecular complexity index is 897. The molecule has 0 saturated carbocycles. The van der Waals surface area contributed by atoms with Gasteiger partial charge in [-0.2, -0.15) is 0 Å². The normalized spacial score (nSPS) is 11.3. The van der Waals surface area contributed by atoms with E-state index in [4.69, 9.17) is 11.6 Å². The number of carboxylic acids is 1. The molecule has 0 amide bonds. The van der Waals surface area contributed by atoms with Gasteiger partial charge in [-0.1, -0.05) is 17.7 Å². The summed E-state index contributed by atoms with van der Waals surface area (Å²) in [6.07, 6.45) is 0. The van der Waals surface area contributed by atoms with Gasteiger partial charge in [0.1, 0.15) is 0 Å². The van der Waals surface area contributed by atoms with Crippen molar-refractivity contribution in [3.8, 4) is 0 Å². The molecular weight excluding hydrogens is 345 g/mol. The Balaban J connectivity index is 2.56. The number of rotatable bonds is 4. The quantitative estimate of drug-likeness (QED) is 0.910. The second-order valence-electron chi connectivity index (χ2n) is 4.91. The summed E-state index contributed by atoms with van der Waals surface area (Å²) in [6, 6.07) is 6.16. The maximum atomic E-state index is 13.9. The standard InChI is InChI=1S/C15H13ClFNO4S/c1-8-6-10(15(19)20)7-13(9(8)2)23(21,22)18-12-5-3-4-11(16)14(12)17/h3-7,18H,1-2H3,(H,19,20)/p-1. The van der Waals surface area contributed by atoms with Crippen molar-refractivity contribution in [3.63, 3.8) is 0 Å². The Kier molecular flexibility index (Phi) is 4.63. The third-order valence-corrected chi connectivity index (χ3v) is 5.12. The van der Waals surface area contributed by atoms with Gasteiger partial charge in [0.25, 0.3) is 10.0 Å². The molecule has 0 bridgehead atoms. The van der Waals surface area contributed by atoms with E-state index in [0.29, 0.717) is 11.1 Å². The molecule has 0 fully saturated rings. The fourth-order valence-electron chi connectivity index (χ4n) is 2.01. The van der Waals surface area contributed by atoms with Crippen molar-refractivity contribution >= 4 is 33.3 Å². The fourth-order valence-corrected chi connectivity index (χ4v) is 3.58. The first-order chi connectivity index (χ1) is 10.6. The number of halogens is 2. The molecule has 0 heterocycles. The van der Waals surface area contributed by atoms with Gasteiger partial charge in [-0.3, -0.25) is 4.72 Å². The number of sulfonamides is 1. The topological polar surface area (TPSA) is 86.3 Å². The maximum absolute atomic E-state index is 13.9. The second kappa shape index (κ2) is 6.17. The summed E-state index contributed by atoms with van der Waals surface area (Å²) in [5.41, 5.74) is 0.206. The lowest BCUT2D eigenvalue weighted by Crippen LogP contribution is -2.24. The molecule has 2 rings (SSSR count). The van der Waals surface area contributed by atoms with Crippen LogP contribution in [-0.4, -0.2) is 14.4 Å². The number of hydrogen-bond donors (Lipinski definition) is 1. The molecule has 0 saturated heterocycles. The number of hydrogen-bond acceptors (Lipinski definition) is 4. The number of nitrogens with one attached hydrogen (secondary N) is 1. The van der Waals surface area contributed by atoms with Gasteiger partial charge < -0.3 is 9.90 Å². The van der Waals surface area contributed by atoms with Crippen molar-refractivity contribution in [2.24, 2.45) is 0 Å². The lowest BCUT2D eigenvalue weighted by Gasteiger charge is -2.15. The van der Waals surface area contributed by atoms with Gasteiger partial charge in [-0.05, 0) is 54.8 Å². The van der Waals surface area contributed by atoms with Crippen LogP contribution in [0.5, 0.6) is 0 Å². The molecule has 0 aliphatic rings. The Morgan fingerprint density at radius 1 is 1.26 bits per heavy atom. The third-order valence-electron chi connectivity index (χ3n) is 3.34. The number of aromatic carboxylic acids is 1. The second-order valence-corrected chi connectivity index (χ2v) is 6.97. The zero-order valence-electron chi connectivity index (χ0n) is 12.2. The largest absolute Gasteiger partial charge is 0.545 e. The molecule has 0 atom stereocenters. The summed E-state index contributed by atoms with van der Waals surface area (Å²) in [5, 5.41) is 10.8. The monoisotopic (exact) mass is 356 g/mol. The summed E-state index contributed by atoms with van der Waals surface area (Å²) in [6.45, 7) is 3.10. The Morgan fingerprint density at radius 3 is 2.52 bits per heavy atom. The molecule has 23 heavy (non-hydrogen) atoms. The van der Waals surface area contributed by atoms with Crippen LogP contribution >= 0.6 is 11.6 Å². The molecule has 1 N–H and O–H groups in total. The number of carbonyl (C=O) groups is 1. The van der Waals surface area contributed by atoms with Crippen molar-refractivity contribution in [2.75, 3.05) is 4.72 Å². The summed E-state index contributed by atoms with van der Waals surface area (Å²) in [5.74, 6) is -2.42. The van der Waals surface area contributed by atoms with Crippen LogP contribution in [0.25, 0.3) is 0 Å². The minimum atomic E-state index is -4.20. The van der Waals surface area contributed by atoms with Gasteiger partial charge in [0, 0.05) is 0 Å². The van der Waals surface area contributed by atoms with E-state index in [2.05, 4.69) is 4.72 Å². The van der Waals surface area contributed by atoms with Gasteiger partial charge >= 0.3 is 0 Å². The summed E-state index contributed by atoms with van der Waals surface area (Å²) in [7, 11) is -4.20. The van der Waals surface area contributed by atoms with Crippen LogP contribution in [0, 0.1) is 19.7 Å². The first-order valence-corrected chi connectivity index (χ1v) is 8.29. The molecule has 122 valence electrons. The summed E-state index contributed by atoms with van der Waals surface area (Å²) in [4.78, 5) is 10.7. The van der Waals surface area contributed by atoms with Crippen LogP contribution < -0.4 is 9.83 Å². The minimum Gasteiger partial charge on any atom is -0.545 e. The van der Waals surface area contributed by atoms with E-state index in [9.17, 15) is 22.7 Å². The van der Waals surface area contributed by atoms with Crippen molar-refractivity contribution in [3.05, 3.63) is 57.9 Å². The highest BCUT2D eigenvalue weighted by molar-refractivity contribution is 7.92. The maximum Gasteiger partial charge on any atom is 0.262 e. The Hall–Kier alpha value is -2.12. The van der Waals surface area contributed by atoms with Crippen LogP contribution in [0.2, 0.25) is 5.02 Å². The molecule has 0 aromatic heterocycles. The highest BCUT2D eigenvalue weighted by atomic mass is 35.5. The summed E-state index contributed by atoms with van der Waals surface area (Å²) >= 11 is 5.62. The van der Waals surface area contributed by atoms with Gasteiger partial charge in [0.15, 0.2) is 5.82 Å². The van der Waals surface area contributed by atoms with E-state index >= 15 is 0 Å². The average Bonchev–Trinajstić information content (AvgIpc) is 2.46. The SMILES string of the molecule is Cc1cc(C(=O)[O-])cc(S(=O)(=O)Nc2cccc(Cl)c2F)c1C. The van der Waals surface area contributed by atoms with E-state index < -0.39 is 21.8 Å². The van der Waals surface area contributed by atoms with E-state index in [1.54, 1.807) is 6.92 Å². The van der Waals surface area contributed by atoms with Crippen LogP contribution in [0.4, 0.5) is 10.1 Å². The van der Waals surface area contributed by atoms with Crippen molar-refractivity contribution in [1.82, 2.24) is 0 Å². The van der Waals surface area contributed by atoms with Gasteiger partial charge in [-0.25, -0.2) is 12.8 Å². The van der Waals surface area contributed by atoms with Crippen LogP contribution in [0.1, 0.15) is 21.5 Å².